The Morgan fingerprint density at radius 3 is 2.22 bits per heavy atom. The van der Waals surface area contributed by atoms with Crippen LogP contribution in [0.5, 0.6) is 0 Å². The van der Waals surface area contributed by atoms with Gasteiger partial charge in [0.05, 0.1) is 11.6 Å². The normalized spacial score (nSPS) is 10.2. The number of rotatable bonds is 1. The average Bonchev–Trinajstić information content (AvgIpc) is 2.47. The molecule has 0 atom stereocenters. The second kappa shape index (κ2) is 4.35. The van der Waals surface area contributed by atoms with Crippen LogP contribution in [0.2, 0.25) is 0 Å². The highest BCUT2D eigenvalue weighted by molar-refractivity contribution is 5.88. The summed E-state index contributed by atoms with van der Waals surface area (Å²) in [5, 5.41) is 11.2. The van der Waals surface area contributed by atoms with Gasteiger partial charge in [0.1, 0.15) is 0 Å². The summed E-state index contributed by atoms with van der Waals surface area (Å²) >= 11 is 0. The summed E-state index contributed by atoms with van der Waals surface area (Å²) in [4.78, 5) is 0. The number of nitrogens with zero attached hydrogens (tertiary/aromatic N) is 1. The minimum absolute atomic E-state index is 0.702. The van der Waals surface area contributed by atoms with Crippen molar-refractivity contribution in [2.75, 3.05) is 0 Å². The van der Waals surface area contributed by atoms with Crippen LogP contribution >= 0.6 is 0 Å². The van der Waals surface area contributed by atoms with Crippen molar-refractivity contribution < 1.29 is 0 Å². The third-order valence-corrected chi connectivity index (χ3v) is 3.08. The number of nitriles is 1. The van der Waals surface area contributed by atoms with Crippen LogP contribution in [-0.4, -0.2) is 0 Å². The fourth-order valence-electron chi connectivity index (χ4n) is 2.13. The van der Waals surface area contributed by atoms with Crippen molar-refractivity contribution >= 4 is 10.8 Å². The van der Waals surface area contributed by atoms with Crippen molar-refractivity contribution in [3.8, 4) is 17.2 Å². The predicted molar refractivity (Wildman–Crippen MR) is 74.1 cm³/mol. The molecule has 3 aromatic carbocycles. The topological polar surface area (TPSA) is 23.8 Å². The van der Waals surface area contributed by atoms with Gasteiger partial charge < -0.3 is 0 Å². The quantitative estimate of drug-likeness (QED) is 0.607. The van der Waals surface area contributed by atoms with Gasteiger partial charge in [-0.25, -0.2) is 0 Å². The highest BCUT2D eigenvalue weighted by atomic mass is 14.2. The first-order valence-electron chi connectivity index (χ1n) is 5.86. The molecule has 18 heavy (non-hydrogen) atoms. The van der Waals surface area contributed by atoms with Crippen LogP contribution < -0.4 is 0 Å². The lowest BCUT2D eigenvalue weighted by Crippen LogP contribution is -1.80. The zero-order valence-corrected chi connectivity index (χ0v) is 9.80. The van der Waals surface area contributed by atoms with Gasteiger partial charge >= 0.3 is 0 Å². The monoisotopic (exact) mass is 229 g/mol. The van der Waals surface area contributed by atoms with Crippen LogP contribution in [0.4, 0.5) is 0 Å². The lowest BCUT2D eigenvalue weighted by molar-refractivity contribution is 1.50. The summed E-state index contributed by atoms with van der Waals surface area (Å²) in [6.07, 6.45) is 0. The number of hydrogen-bond donors (Lipinski definition) is 0. The maximum atomic E-state index is 8.93. The van der Waals surface area contributed by atoms with Crippen molar-refractivity contribution in [1.82, 2.24) is 0 Å². The molecule has 0 fully saturated rings. The van der Waals surface area contributed by atoms with Gasteiger partial charge in [0.15, 0.2) is 0 Å². The van der Waals surface area contributed by atoms with E-state index >= 15 is 0 Å². The molecule has 0 saturated carbocycles. The zero-order valence-electron chi connectivity index (χ0n) is 9.80. The lowest BCUT2D eigenvalue weighted by atomic mass is 10.0. The van der Waals surface area contributed by atoms with Gasteiger partial charge in [-0.05, 0) is 40.1 Å². The molecule has 0 heterocycles. The average molecular weight is 229 g/mol. The van der Waals surface area contributed by atoms with Crippen molar-refractivity contribution in [1.29, 1.82) is 5.26 Å². The first kappa shape index (κ1) is 10.6. The molecule has 0 saturated heterocycles. The zero-order chi connectivity index (χ0) is 12.4. The van der Waals surface area contributed by atoms with E-state index in [1.54, 1.807) is 0 Å². The molecule has 0 N–H and O–H groups in total. The van der Waals surface area contributed by atoms with Gasteiger partial charge in [-0.2, -0.15) is 5.26 Å². The molecule has 0 spiro atoms. The lowest BCUT2D eigenvalue weighted by Gasteiger charge is -2.04. The molecular formula is C17H11N. The molecule has 0 aliphatic carbocycles. The Kier molecular flexibility index (Phi) is 2.55. The number of benzene rings is 3. The van der Waals surface area contributed by atoms with Crippen LogP contribution in [0.25, 0.3) is 21.9 Å². The van der Waals surface area contributed by atoms with Gasteiger partial charge in [0, 0.05) is 0 Å². The summed E-state index contributed by atoms with van der Waals surface area (Å²) in [6, 6.07) is 24.6. The smallest absolute Gasteiger partial charge is 0.0991 e. The molecule has 3 aromatic rings. The Bertz CT molecular complexity index is 736. The molecule has 0 aliphatic heterocycles. The van der Waals surface area contributed by atoms with E-state index in [0.29, 0.717) is 5.56 Å². The summed E-state index contributed by atoms with van der Waals surface area (Å²) in [5.41, 5.74) is 3.08. The summed E-state index contributed by atoms with van der Waals surface area (Å²) in [6.45, 7) is 0. The third kappa shape index (κ3) is 1.85. The molecule has 0 bridgehead atoms. The maximum absolute atomic E-state index is 8.93. The fourth-order valence-corrected chi connectivity index (χ4v) is 2.13. The van der Waals surface area contributed by atoms with Gasteiger partial charge in [-0.15, -0.1) is 0 Å². The second-order valence-corrected chi connectivity index (χ2v) is 4.25. The van der Waals surface area contributed by atoms with E-state index in [9.17, 15) is 0 Å². The largest absolute Gasteiger partial charge is 0.192 e. The Balaban J connectivity index is 2.19. The highest BCUT2D eigenvalue weighted by Crippen LogP contribution is 2.24. The summed E-state index contributed by atoms with van der Waals surface area (Å²) in [5.74, 6) is 0. The molecule has 0 amide bonds. The molecule has 3 rings (SSSR count). The molecule has 84 valence electrons. The maximum Gasteiger partial charge on any atom is 0.0991 e. The number of hydrogen-bond acceptors (Lipinski definition) is 1. The van der Waals surface area contributed by atoms with E-state index in [1.807, 2.05) is 36.4 Å². The van der Waals surface area contributed by atoms with E-state index in [0.717, 1.165) is 10.8 Å². The van der Waals surface area contributed by atoms with Gasteiger partial charge in [-0.1, -0.05) is 48.5 Å². The van der Waals surface area contributed by atoms with E-state index < -0.39 is 0 Å². The Morgan fingerprint density at radius 2 is 1.44 bits per heavy atom. The van der Waals surface area contributed by atoms with Gasteiger partial charge in [0.2, 0.25) is 0 Å². The molecular weight excluding hydrogens is 218 g/mol. The highest BCUT2D eigenvalue weighted by Gasteiger charge is 2.00. The molecule has 0 aliphatic rings. The van der Waals surface area contributed by atoms with Crippen molar-refractivity contribution in [2.24, 2.45) is 0 Å². The van der Waals surface area contributed by atoms with Crippen molar-refractivity contribution in [2.45, 2.75) is 0 Å². The van der Waals surface area contributed by atoms with E-state index in [4.69, 9.17) is 5.26 Å². The first-order valence-corrected chi connectivity index (χ1v) is 5.86. The Labute approximate surface area is 106 Å². The number of fused-ring (bicyclic) bond motifs is 1. The fraction of sp³-hybridized carbons (Fsp3) is 0. The van der Waals surface area contributed by atoms with Gasteiger partial charge in [0.25, 0.3) is 0 Å². The summed E-state index contributed by atoms with van der Waals surface area (Å²) < 4.78 is 0. The van der Waals surface area contributed by atoms with Crippen LogP contribution in [-0.2, 0) is 0 Å². The Hall–Kier alpha value is -2.59. The molecule has 0 aromatic heterocycles. The predicted octanol–water partition coefficient (Wildman–Crippen LogP) is 4.38. The minimum Gasteiger partial charge on any atom is -0.192 e. The molecule has 0 radical (unpaired) electrons. The van der Waals surface area contributed by atoms with Crippen LogP contribution in [0.3, 0.4) is 0 Å². The molecule has 1 nitrogen and oxygen atoms in total. The van der Waals surface area contributed by atoms with Crippen LogP contribution in [0.1, 0.15) is 5.56 Å². The van der Waals surface area contributed by atoms with E-state index in [-0.39, 0.29) is 0 Å². The standard InChI is InChI=1S/C17H11N/c18-12-13-6-7-15-8-9-16(11-17(15)10-13)14-4-2-1-3-5-14/h1-11H. The van der Waals surface area contributed by atoms with Crippen molar-refractivity contribution in [3.63, 3.8) is 0 Å². The molecule has 0 unspecified atom stereocenters. The van der Waals surface area contributed by atoms with E-state index in [1.165, 1.54) is 11.1 Å². The minimum atomic E-state index is 0.702. The first-order chi connectivity index (χ1) is 8.86. The van der Waals surface area contributed by atoms with Crippen LogP contribution in [0, 0.1) is 11.3 Å². The summed E-state index contributed by atoms with van der Waals surface area (Å²) in [7, 11) is 0. The van der Waals surface area contributed by atoms with Gasteiger partial charge in [-0.3, -0.25) is 0 Å². The third-order valence-electron chi connectivity index (χ3n) is 3.08. The van der Waals surface area contributed by atoms with Crippen molar-refractivity contribution in [3.05, 3.63) is 72.3 Å². The Morgan fingerprint density at radius 1 is 0.667 bits per heavy atom. The SMILES string of the molecule is N#Cc1ccc2ccc(-c3ccccc3)cc2c1. The second-order valence-electron chi connectivity index (χ2n) is 4.25. The molecule has 1 heteroatoms. The van der Waals surface area contributed by atoms with Crippen LogP contribution in [0.15, 0.2) is 66.7 Å². The van der Waals surface area contributed by atoms with E-state index in [2.05, 4.69) is 36.4 Å².